The molecule has 0 spiro atoms. The van der Waals surface area contributed by atoms with Gasteiger partial charge in [-0.05, 0) is 147 Å². The topological polar surface area (TPSA) is 134 Å². The summed E-state index contributed by atoms with van der Waals surface area (Å²) < 4.78 is 11.2. The van der Waals surface area contributed by atoms with Crippen molar-refractivity contribution in [3.8, 4) is 22.3 Å². The molecule has 4 aliphatic rings. The van der Waals surface area contributed by atoms with E-state index in [1.807, 2.05) is 41.5 Å². The number of imidazole rings is 2. The lowest BCUT2D eigenvalue weighted by atomic mass is 9.86. The zero-order valence-electron chi connectivity index (χ0n) is 37.4. The summed E-state index contributed by atoms with van der Waals surface area (Å²) in [5, 5.41) is 6.13. The van der Waals surface area contributed by atoms with E-state index in [1.54, 1.807) is 0 Å². The van der Waals surface area contributed by atoms with E-state index >= 15 is 0 Å². The fourth-order valence-corrected chi connectivity index (χ4v) is 7.99. The molecule has 60 heavy (non-hydrogen) atoms. The van der Waals surface area contributed by atoms with E-state index in [9.17, 15) is 9.59 Å². The van der Waals surface area contributed by atoms with Gasteiger partial charge >= 0.3 is 12.2 Å². The standard InChI is InChI=1S/C50H62N6O4/c1-47(2,3)41(55-45(57)59-49(7,8)9)43-51-37-23-21-33(27-39(37)53-43)35-25-29-13-17-31(35)19-15-30-14-18-32(20-16-29)36(26-30)34-22-24-38-40(28-34)54-44(52-38)42(48(4,5)6)56-46(58)60-50(10,11)12/h13-14,17-18,21-28,41-42H,15-16,19-20H2,1-12H3,(H,51,53)(H,52,54)(H,55,57)(H,56,58)/t41-,42-/m1/s1. The highest BCUT2D eigenvalue weighted by molar-refractivity contribution is 5.85. The second kappa shape index (κ2) is 15.8. The van der Waals surface area contributed by atoms with Crippen LogP contribution in [0.25, 0.3) is 44.3 Å². The van der Waals surface area contributed by atoms with Crippen LogP contribution in [-0.2, 0) is 35.2 Å². The fourth-order valence-electron chi connectivity index (χ4n) is 7.99. The lowest BCUT2D eigenvalue weighted by Crippen LogP contribution is -2.40. The molecule has 0 unspecified atom stereocenters. The van der Waals surface area contributed by atoms with Crippen molar-refractivity contribution in [2.24, 2.45) is 10.8 Å². The molecule has 0 radical (unpaired) electrons. The molecule has 10 nitrogen and oxygen atoms in total. The van der Waals surface area contributed by atoms with Gasteiger partial charge in [0.2, 0.25) is 0 Å². The van der Waals surface area contributed by atoms with Crippen LogP contribution in [0.3, 0.4) is 0 Å². The molecular weight excluding hydrogens is 749 g/mol. The van der Waals surface area contributed by atoms with E-state index in [4.69, 9.17) is 19.4 Å². The summed E-state index contributed by atoms with van der Waals surface area (Å²) in [5.41, 5.74) is 11.5. The molecule has 2 atom stereocenters. The maximum Gasteiger partial charge on any atom is 0.408 e. The Morgan fingerprint density at radius 3 is 1.27 bits per heavy atom. The largest absolute Gasteiger partial charge is 0.444 e. The van der Waals surface area contributed by atoms with Gasteiger partial charge in [-0.1, -0.05) is 90.1 Å². The van der Waals surface area contributed by atoms with Gasteiger partial charge in [0.05, 0.1) is 34.2 Å². The number of aromatic amines is 2. The number of alkyl carbamates (subject to hydrolysis) is 2. The Morgan fingerprint density at radius 2 is 0.917 bits per heavy atom. The molecule has 2 amide bonds. The lowest BCUT2D eigenvalue weighted by molar-refractivity contribution is 0.0448. The molecule has 2 heterocycles. The van der Waals surface area contributed by atoms with Crippen LogP contribution in [0.4, 0.5) is 9.59 Å². The quantitative estimate of drug-likeness (QED) is 0.132. The highest BCUT2D eigenvalue weighted by Gasteiger charge is 2.34. The molecule has 4 N–H and O–H groups in total. The van der Waals surface area contributed by atoms with Gasteiger partial charge in [-0.3, -0.25) is 0 Å². The number of fused-ring (bicyclic) bond motifs is 2. The first-order chi connectivity index (χ1) is 28.0. The summed E-state index contributed by atoms with van der Waals surface area (Å²) in [7, 11) is 0. The molecule has 4 bridgehead atoms. The number of aryl methyl sites for hydroxylation is 4. The molecule has 0 fully saturated rings. The number of hydrogen-bond donors (Lipinski definition) is 4. The van der Waals surface area contributed by atoms with Crippen LogP contribution in [0.5, 0.6) is 0 Å². The SMILES string of the molecule is CC(C)(C)OC(=O)N[C@H](c1nc2cc(-c3cc4ccc3CCc3ccc(c(-c5ccc6[nH]c([C@@H](NC(=O)OC(C)(C)C)C(C)(C)C)nc6c5)c3)CC4)ccc2[nH]1)C(C)(C)C. The van der Waals surface area contributed by atoms with Crippen LogP contribution in [0.15, 0.2) is 72.8 Å². The third-order valence-corrected chi connectivity index (χ3v) is 10.9. The van der Waals surface area contributed by atoms with Gasteiger partial charge in [0, 0.05) is 0 Å². The Hall–Kier alpha value is -5.64. The number of nitrogens with one attached hydrogen (secondary N) is 4. The number of carbonyl (C=O) groups is 2. The first kappa shape index (κ1) is 42.5. The van der Waals surface area contributed by atoms with Gasteiger partial charge in [0.25, 0.3) is 0 Å². The number of ether oxygens (including phenoxy) is 2. The monoisotopic (exact) mass is 810 g/mol. The summed E-state index contributed by atoms with van der Waals surface area (Å²) in [4.78, 5) is 42.8. The van der Waals surface area contributed by atoms with E-state index in [1.165, 1.54) is 33.4 Å². The summed E-state index contributed by atoms with van der Waals surface area (Å²) in [5.74, 6) is 1.40. The second-order valence-corrected chi connectivity index (χ2v) is 20.6. The van der Waals surface area contributed by atoms with Gasteiger partial charge in [-0.25, -0.2) is 19.6 Å². The zero-order valence-corrected chi connectivity index (χ0v) is 37.4. The van der Waals surface area contributed by atoms with Gasteiger partial charge in [0.1, 0.15) is 22.9 Å². The minimum atomic E-state index is -0.603. The van der Waals surface area contributed by atoms with Crippen LogP contribution in [0, 0.1) is 10.8 Å². The van der Waals surface area contributed by atoms with Crippen LogP contribution in [0.2, 0.25) is 0 Å². The summed E-state index contributed by atoms with van der Waals surface area (Å²) in [6.45, 7) is 23.7. The van der Waals surface area contributed by atoms with Crippen LogP contribution in [-0.4, -0.2) is 43.3 Å². The maximum atomic E-state index is 12.9. The highest BCUT2D eigenvalue weighted by Crippen LogP contribution is 2.37. The molecule has 6 aromatic rings. The van der Waals surface area contributed by atoms with Crippen molar-refractivity contribution in [2.75, 3.05) is 0 Å². The molecule has 4 aliphatic carbocycles. The second-order valence-electron chi connectivity index (χ2n) is 20.6. The van der Waals surface area contributed by atoms with E-state index in [0.717, 1.165) is 58.9 Å². The third kappa shape index (κ3) is 9.86. The molecular formula is C50H62N6O4. The molecule has 10 heteroatoms. The predicted molar refractivity (Wildman–Crippen MR) is 241 cm³/mol. The average molecular weight is 811 g/mol. The summed E-state index contributed by atoms with van der Waals surface area (Å²) in [6, 6.07) is 26.0. The molecule has 0 saturated carbocycles. The van der Waals surface area contributed by atoms with Crippen LogP contribution >= 0.6 is 0 Å². The minimum absolute atomic E-state index is 0.314. The molecule has 0 aliphatic heterocycles. The average Bonchev–Trinajstić information content (AvgIpc) is 3.74. The van der Waals surface area contributed by atoms with Crippen molar-refractivity contribution in [3.63, 3.8) is 0 Å². The normalized spacial score (nSPS) is 14.7. The van der Waals surface area contributed by atoms with Gasteiger partial charge in [-0.2, -0.15) is 0 Å². The highest BCUT2D eigenvalue weighted by atomic mass is 16.6. The molecule has 316 valence electrons. The number of hydrogen-bond acceptors (Lipinski definition) is 6. The number of aromatic nitrogens is 4. The number of rotatable bonds is 6. The van der Waals surface area contributed by atoms with E-state index < -0.39 is 23.4 Å². The van der Waals surface area contributed by atoms with E-state index in [2.05, 4.69) is 135 Å². The lowest BCUT2D eigenvalue weighted by Gasteiger charge is -2.31. The van der Waals surface area contributed by atoms with Crippen molar-refractivity contribution in [2.45, 2.75) is 132 Å². The Bertz CT molecular complexity index is 2380. The number of amides is 2. The van der Waals surface area contributed by atoms with E-state index in [-0.39, 0.29) is 22.9 Å². The molecule has 10 rings (SSSR count). The predicted octanol–water partition coefficient (Wildman–Crippen LogP) is 11.9. The first-order valence-corrected chi connectivity index (χ1v) is 21.2. The zero-order chi connectivity index (χ0) is 43.4. The summed E-state index contributed by atoms with van der Waals surface area (Å²) >= 11 is 0. The van der Waals surface area contributed by atoms with Gasteiger partial charge in [0.15, 0.2) is 0 Å². The number of nitrogens with zero attached hydrogens (tertiary/aromatic N) is 2. The minimum Gasteiger partial charge on any atom is -0.444 e. The van der Waals surface area contributed by atoms with E-state index in [0.29, 0.717) is 11.6 Å². The van der Waals surface area contributed by atoms with Gasteiger partial charge < -0.3 is 30.1 Å². The summed E-state index contributed by atoms with van der Waals surface area (Å²) in [6.07, 6.45) is 2.60. The number of benzene rings is 4. The maximum absolute atomic E-state index is 12.9. The first-order valence-electron chi connectivity index (χ1n) is 21.2. The Kier molecular flexibility index (Phi) is 11.2. The fraction of sp³-hybridized carbons (Fsp3) is 0.440. The van der Waals surface area contributed by atoms with Crippen molar-refractivity contribution in [1.29, 1.82) is 0 Å². The van der Waals surface area contributed by atoms with Crippen LogP contribution < -0.4 is 10.6 Å². The molecule has 2 aromatic heterocycles. The van der Waals surface area contributed by atoms with Gasteiger partial charge in [-0.15, -0.1) is 0 Å². The molecule has 0 saturated heterocycles. The Morgan fingerprint density at radius 1 is 0.533 bits per heavy atom. The Balaban J connectivity index is 1.15. The number of carbonyl (C=O) groups excluding carboxylic acids is 2. The smallest absolute Gasteiger partial charge is 0.408 e. The number of H-pyrrole nitrogens is 2. The molecule has 4 aromatic carbocycles. The Labute approximate surface area is 354 Å². The van der Waals surface area contributed by atoms with Crippen molar-refractivity contribution < 1.29 is 19.1 Å². The van der Waals surface area contributed by atoms with Crippen molar-refractivity contribution in [1.82, 2.24) is 30.6 Å². The van der Waals surface area contributed by atoms with Crippen molar-refractivity contribution >= 4 is 34.3 Å². The van der Waals surface area contributed by atoms with Crippen molar-refractivity contribution in [3.05, 3.63) is 107 Å². The van der Waals surface area contributed by atoms with Crippen LogP contribution in [0.1, 0.15) is 129 Å². The third-order valence-electron chi connectivity index (χ3n) is 10.9.